The molecular weight excluding hydrogens is 182 g/mol. The first-order chi connectivity index (χ1) is 6.23. The maximum absolute atomic E-state index is 10.9. The number of carboxylic acid groups (broad SMARTS) is 1. The molecular formula is C10H19NO3. The van der Waals surface area contributed by atoms with Crippen LogP contribution in [0.4, 0.5) is 0 Å². The summed E-state index contributed by atoms with van der Waals surface area (Å²) in [6, 6.07) is 0. The molecule has 1 aliphatic heterocycles. The first-order valence-electron chi connectivity index (χ1n) is 4.89. The van der Waals surface area contributed by atoms with Gasteiger partial charge in [0, 0.05) is 13.0 Å². The van der Waals surface area contributed by atoms with E-state index in [1.807, 2.05) is 20.8 Å². The number of aliphatic carboxylic acids is 1. The molecule has 0 radical (unpaired) electrons. The van der Waals surface area contributed by atoms with E-state index in [1.165, 1.54) is 0 Å². The van der Waals surface area contributed by atoms with E-state index >= 15 is 0 Å². The molecule has 0 aliphatic carbocycles. The Kier molecular flexibility index (Phi) is 2.88. The standard InChI is InChI=1S/C10H19NO3/c1-9(2,3)14-7-5-10(4,8(12)13)11-6-7/h7,11H,5-6H2,1-4H3,(H,12,13)/t7-,10-/m1/s1. The summed E-state index contributed by atoms with van der Waals surface area (Å²) >= 11 is 0. The van der Waals surface area contributed by atoms with Crippen molar-refractivity contribution < 1.29 is 14.6 Å². The predicted molar refractivity (Wildman–Crippen MR) is 53.3 cm³/mol. The van der Waals surface area contributed by atoms with Gasteiger partial charge in [-0.1, -0.05) is 0 Å². The van der Waals surface area contributed by atoms with Gasteiger partial charge >= 0.3 is 5.97 Å². The molecule has 0 amide bonds. The molecule has 4 nitrogen and oxygen atoms in total. The van der Waals surface area contributed by atoms with Gasteiger partial charge in [-0.15, -0.1) is 0 Å². The second-order valence-corrected chi connectivity index (χ2v) is 5.07. The molecule has 0 aromatic carbocycles. The fraction of sp³-hybridized carbons (Fsp3) is 0.900. The summed E-state index contributed by atoms with van der Waals surface area (Å²) in [4.78, 5) is 10.9. The molecule has 14 heavy (non-hydrogen) atoms. The number of carboxylic acids is 1. The average molecular weight is 201 g/mol. The van der Waals surface area contributed by atoms with Crippen LogP contribution in [0.15, 0.2) is 0 Å². The van der Waals surface area contributed by atoms with Gasteiger partial charge in [-0.3, -0.25) is 10.1 Å². The molecule has 4 heteroatoms. The highest BCUT2D eigenvalue weighted by Crippen LogP contribution is 2.24. The Morgan fingerprint density at radius 3 is 2.50 bits per heavy atom. The number of hydrogen-bond acceptors (Lipinski definition) is 3. The number of nitrogens with one attached hydrogen (secondary N) is 1. The van der Waals surface area contributed by atoms with Crippen molar-refractivity contribution in [1.29, 1.82) is 0 Å². The van der Waals surface area contributed by atoms with Crippen LogP contribution in [0.5, 0.6) is 0 Å². The molecule has 82 valence electrons. The summed E-state index contributed by atoms with van der Waals surface area (Å²) in [6.45, 7) is 8.23. The van der Waals surface area contributed by atoms with E-state index in [4.69, 9.17) is 9.84 Å². The van der Waals surface area contributed by atoms with Crippen molar-refractivity contribution in [3.8, 4) is 0 Å². The van der Waals surface area contributed by atoms with E-state index in [0.29, 0.717) is 13.0 Å². The summed E-state index contributed by atoms with van der Waals surface area (Å²) in [7, 11) is 0. The van der Waals surface area contributed by atoms with Crippen LogP contribution in [0.1, 0.15) is 34.1 Å². The lowest BCUT2D eigenvalue weighted by Gasteiger charge is -2.25. The number of hydrogen-bond donors (Lipinski definition) is 2. The molecule has 0 unspecified atom stereocenters. The third-order valence-electron chi connectivity index (χ3n) is 2.35. The van der Waals surface area contributed by atoms with Crippen LogP contribution in [0.25, 0.3) is 0 Å². The molecule has 1 heterocycles. The number of rotatable bonds is 2. The molecule has 2 N–H and O–H groups in total. The smallest absolute Gasteiger partial charge is 0.323 e. The maximum Gasteiger partial charge on any atom is 0.323 e. The van der Waals surface area contributed by atoms with Crippen molar-refractivity contribution in [2.24, 2.45) is 0 Å². The molecule has 0 aromatic rings. The number of carbonyl (C=O) groups is 1. The van der Waals surface area contributed by atoms with Gasteiger partial charge in [0.2, 0.25) is 0 Å². The lowest BCUT2D eigenvalue weighted by atomic mass is 9.99. The van der Waals surface area contributed by atoms with E-state index in [1.54, 1.807) is 6.92 Å². The first-order valence-corrected chi connectivity index (χ1v) is 4.89. The number of ether oxygens (including phenoxy) is 1. The van der Waals surface area contributed by atoms with Crippen molar-refractivity contribution >= 4 is 5.97 Å². The largest absolute Gasteiger partial charge is 0.480 e. The van der Waals surface area contributed by atoms with Gasteiger partial charge in [0.15, 0.2) is 0 Å². The molecule has 1 fully saturated rings. The molecule has 0 bridgehead atoms. The Hall–Kier alpha value is -0.610. The van der Waals surface area contributed by atoms with Crippen LogP contribution in [0.2, 0.25) is 0 Å². The van der Waals surface area contributed by atoms with Gasteiger partial charge in [0.1, 0.15) is 5.54 Å². The zero-order valence-electron chi connectivity index (χ0n) is 9.26. The van der Waals surface area contributed by atoms with Crippen molar-refractivity contribution in [1.82, 2.24) is 5.32 Å². The minimum Gasteiger partial charge on any atom is -0.480 e. The van der Waals surface area contributed by atoms with Crippen LogP contribution >= 0.6 is 0 Å². The Bertz CT molecular complexity index is 234. The fourth-order valence-corrected chi connectivity index (χ4v) is 1.69. The van der Waals surface area contributed by atoms with Crippen LogP contribution in [-0.2, 0) is 9.53 Å². The summed E-state index contributed by atoms with van der Waals surface area (Å²) in [5, 5.41) is 12.0. The van der Waals surface area contributed by atoms with Crippen LogP contribution in [-0.4, -0.2) is 34.9 Å². The normalized spacial score (nSPS) is 33.3. The van der Waals surface area contributed by atoms with Gasteiger partial charge < -0.3 is 9.84 Å². The molecule has 0 spiro atoms. The van der Waals surface area contributed by atoms with E-state index in [0.717, 1.165) is 0 Å². The second kappa shape index (κ2) is 3.51. The van der Waals surface area contributed by atoms with Gasteiger partial charge in [0.05, 0.1) is 11.7 Å². The van der Waals surface area contributed by atoms with Crippen molar-refractivity contribution in [2.45, 2.75) is 51.4 Å². The van der Waals surface area contributed by atoms with Crippen LogP contribution < -0.4 is 5.32 Å². The molecule has 1 rings (SSSR count). The van der Waals surface area contributed by atoms with E-state index in [9.17, 15) is 4.79 Å². The minimum atomic E-state index is -0.823. The third kappa shape index (κ3) is 2.69. The molecule has 1 aliphatic rings. The zero-order chi connectivity index (χ0) is 11.0. The minimum absolute atomic E-state index is 0.00361. The average Bonchev–Trinajstić information content (AvgIpc) is 2.29. The van der Waals surface area contributed by atoms with Crippen molar-refractivity contribution in [3.05, 3.63) is 0 Å². The van der Waals surface area contributed by atoms with E-state index in [-0.39, 0.29) is 11.7 Å². The summed E-state index contributed by atoms with van der Waals surface area (Å²) < 4.78 is 5.72. The van der Waals surface area contributed by atoms with Crippen molar-refractivity contribution in [2.75, 3.05) is 6.54 Å². The quantitative estimate of drug-likeness (QED) is 0.700. The molecule has 1 saturated heterocycles. The van der Waals surface area contributed by atoms with Gasteiger partial charge in [0.25, 0.3) is 0 Å². The Labute approximate surface area is 84.6 Å². The Balaban J connectivity index is 2.53. The van der Waals surface area contributed by atoms with Gasteiger partial charge in [-0.05, 0) is 27.7 Å². The topological polar surface area (TPSA) is 58.6 Å². The summed E-state index contributed by atoms with van der Waals surface area (Å²) in [5.41, 5.74) is -1.04. The van der Waals surface area contributed by atoms with Crippen molar-refractivity contribution in [3.63, 3.8) is 0 Å². The maximum atomic E-state index is 10.9. The molecule has 0 aromatic heterocycles. The Morgan fingerprint density at radius 2 is 2.14 bits per heavy atom. The lowest BCUT2D eigenvalue weighted by Crippen LogP contribution is -2.44. The zero-order valence-corrected chi connectivity index (χ0v) is 9.26. The van der Waals surface area contributed by atoms with E-state index < -0.39 is 11.5 Å². The second-order valence-electron chi connectivity index (χ2n) is 5.07. The van der Waals surface area contributed by atoms with Gasteiger partial charge in [-0.25, -0.2) is 0 Å². The highest BCUT2D eigenvalue weighted by atomic mass is 16.5. The van der Waals surface area contributed by atoms with Gasteiger partial charge in [-0.2, -0.15) is 0 Å². The molecule has 0 saturated carbocycles. The highest BCUT2D eigenvalue weighted by molar-refractivity contribution is 5.78. The first kappa shape index (κ1) is 11.5. The highest BCUT2D eigenvalue weighted by Gasteiger charge is 2.42. The predicted octanol–water partition coefficient (Wildman–Crippen LogP) is 1.01. The third-order valence-corrected chi connectivity index (χ3v) is 2.35. The summed E-state index contributed by atoms with van der Waals surface area (Å²) in [6.07, 6.45) is 0.524. The SMILES string of the molecule is CC(C)(C)O[C@H]1CN[C@@](C)(C(=O)O)C1. The summed E-state index contributed by atoms with van der Waals surface area (Å²) in [5.74, 6) is -0.808. The van der Waals surface area contributed by atoms with Crippen LogP contribution in [0.3, 0.4) is 0 Å². The fourth-order valence-electron chi connectivity index (χ4n) is 1.69. The molecule has 2 atom stereocenters. The monoisotopic (exact) mass is 201 g/mol. The van der Waals surface area contributed by atoms with Crippen LogP contribution in [0, 0.1) is 0 Å². The lowest BCUT2D eigenvalue weighted by molar-refractivity contribution is -0.144. The van der Waals surface area contributed by atoms with E-state index in [2.05, 4.69) is 5.32 Å². The Morgan fingerprint density at radius 1 is 1.57 bits per heavy atom.